The lowest BCUT2D eigenvalue weighted by atomic mass is 10.2. The molecule has 0 unspecified atom stereocenters. The largest absolute Gasteiger partial charge is 0.489 e. The molecule has 0 aliphatic heterocycles. The average molecular weight is 328 g/mol. The van der Waals surface area contributed by atoms with Gasteiger partial charge in [0.1, 0.15) is 11.6 Å². The minimum absolute atomic E-state index is 0.113. The normalized spacial score (nSPS) is 10.7. The van der Waals surface area contributed by atoms with Crippen molar-refractivity contribution in [3.63, 3.8) is 0 Å². The van der Waals surface area contributed by atoms with E-state index in [1.807, 2.05) is 51.1 Å². The topological polar surface area (TPSA) is 59.1 Å². The highest BCUT2D eigenvalue weighted by Gasteiger charge is 2.08. The average Bonchev–Trinajstić information content (AvgIpc) is 2.52. The van der Waals surface area contributed by atoms with Gasteiger partial charge in [0, 0.05) is 18.3 Å². The molecule has 2 aromatic rings. The minimum Gasteiger partial charge on any atom is -0.489 e. The van der Waals surface area contributed by atoms with Crippen molar-refractivity contribution in [2.45, 2.75) is 53.1 Å². The molecule has 0 radical (unpaired) electrons. The van der Waals surface area contributed by atoms with Gasteiger partial charge in [0.2, 0.25) is 5.95 Å². The quantitative estimate of drug-likeness (QED) is 0.640. The lowest BCUT2D eigenvalue weighted by molar-refractivity contribution is 0.244. The number of hydrogen-bond donors (Lipinski definition) is 2. The van der Waals surface area contributed by atoms with Crippen molar-refractivity contribution in [3.8, 4) is 5.75 Å². The van der Waals surface area contributed by atoms with Gasteiger partial charge in [-0.1, -0.05) is 31.9 Å². The van der Waals surface area contributed by atoms with Crippen LogP contribution >= 0.6 is 0 Å². The first kappa shape index (κ1) is 18.0. The maximum absolute atomic E-state index is 5.84. The first-order chi connectivity index (χ1) is 11.6. The van der Waals surface area contributed by atoms with Crippen LogP contribution in [0.4, 0.5) is 17.5 Å². The summed E-state index contributed by atoms with van der Waals surface area (Å²) in [5, 5.41) is 6.64. The number of hydrogen-bond acceptors (Lipinski definition) is 5. The van der Waals surface area contributed by atoms with Crippen molar-refractivity contribution in [2.75, 3.05) is 17.2 Å². The van der Waals surface area contributed by atoms with E-state index >= 15 is 0 Å². The van der Waals surface area contributed by atoms with E-state index in [1.54, 1.807) is 0 Å². The van der Waals surface area contributed by atoms with E-state index in [0.29, 0.717) is 5.95 Å². The van der Waals surface area contributed by atoms with Crippen LogP contribution in [0.2, 0.25) is 0 Å². The number of nitrogens with one attached hydrogen (secondary N) is 2. The van der Waals surface area contributed by atoms with Crippen LogP contribution in [0.5, 0.6) is 5.75 Å². The number of benzene rings is 1. The van der Waals surface area contributed by atoms with Crippen molar-refractivity contribution in [2.24, 2.45) is 0 Å². The predicted molar refractivity (Wildman–Crippen MR) is 100 cm³/mol. The summed E-state index contributed by atoms with van der Waals surface area (Å²) in [4.78, 5) is 9.03. The smallest absolute Gasteiger partial charge is 0.229 e. The van der Waals surface area contributed by atoms with Gasteiger partial charge in [0.25, 0.3) is 0 Å². The zero-order valence-electron chi connectivity index (χ0n) is 15.1. The third-order valence-electron chi connectivity index (χ3n) is 3.44. The first-order valence-corrected chi connectivity index (χ1v) is 8.70. The highest BCUT2D eigenvalue weighted by Crippen LogP contribution is 2.27. The summed E-state index contributed by atoms with van der Waals surface area (Å²) in [7, 11) is 0. The molecule has 0 amide bonds. The fourth-order valence-corrected chi connectivity index (χ4v) is 2.35. The van der Waals surface area contributed by atoms with E-state index in [1.165, 1.54) is 12.8 Å². The molecule has 1 aromatic heterocycles. The summed E-state index contributed by atoms with van der Waals surface area (Å²) in [5.41, 5.74) is 1.79. The van der Waals surface area contributed by atoms with Crippen LogP contribution in [-0.4, -0.2) is 22.6 Å². The van der Waals surface area contributed by atoms with Gasteiger partial charge in [-0.05, 0) is 39.3 Å². The van der Waals surface area contributed by atoms with Crippen LogP contribution in [0.15, 0.2) is 30.3 Å². The van der Waals surface area contributed by atoms with E-state index < -0.39 is 0 Å². The van der Waals surface area contributed by atoms with Gasteiger partial charge in [-0.2, -0.15) is 4.98 Å². The molecule has 1 heterocycles. The number of nitrogens with zero attached hydrogens (tertiary/aromatic N) is 2. The summed E-state index contributed by atoms with van der Waals surface area (Å²) >= 11 is 0. The zero-order valence-corrected chi connectivity index (χ0v) is 15.1. The molecule has 0 atom stereocenters. The molecule has 0 saturated carbocycles. The van der Waals surface area contributed by atoms with Crippen LogP contribution in [0.1, 0.15) is 45.7 Å². The SMILES string of the molecule is CCCCCNc1cc(C)nc(Nc2ccccc2OC(C)C)n1. The van der Waals surface area contributed by atoms with Gasteiger partial charge >= 0.3 is 0 Å². The Morgan fingerprint density at radius 1 is 1.12 bits per heavy atom. The highest BCUT2D eigenvalue weighted by molar-refractivity contribution is 5.63. The Hall–Kier alpha value is -2.30. The second kappa shape index (κ2) is 9.11. The molecule has 5 nitrogen and oxygen atoms in total. The Balaban J connectivity index is 2.11. The molecule has 0 aliphatic rings. The van der Waals surface area contributed by atoms with Crippen molar-refractivity contribution in [3.05, 3.63) is 36.0 Å². The molecule has 2 N–H and O–H groups in total. The Morgan fingerprint density at radius 3 is 2.67 bits per heavy atom. The molecule has 0 saturated heterocycles. The van der Waals surface area contributed by atoms with Crippen LogP contribution in [-0.2, 0) is 0 Å². The fraction of sp³-hybridized carbons (Fsp3) is 0.474. The van der Waals surface area contributed by atoms with Crippen LogP contribution in [0.3, 0.4) is 0 Å². The monoisotopic (exact) mass is 328 g/mol. The highest BCUT2D eigenvalue weighted by atomic mass is 16.5. The third kappa shape index (κ3) is 5.72. The third-order valence-corrected chi connectivity index (χ3v) is 3.44. The molecule has 0 spiro atoms. The summed E-state index contributed by atoms with van der Waals surface area (Å²) < 4.78 is 5.84. The maximum atomic E-state index is 5.84. The molecule has 5 heteroatoms. The number of ether oxygens (including phenoxy) is 1. The van der Waals surface area contributed by atoms with Crippen LogP contribution < -0.4 is 15.4 Å². The number of rotatable bonds is 9. The molecule has 0 fully saturated rings. The lowest BCUT2D eigenvalue weighted by Gasteiger charge is -2.15. The number of aromatic nitrogens is 2. The number of anilines is 3. The molecule has 1 aromatic carbocycles. The van der Waals surface area contributed by atoms with Crippen LogP contribution in [0.25, 0.3) is 0 Å². The molecule has 2 rings (SSSR count). The molecule has 0 aliphatic carbocycles. The zero-order chi connectivity index (χ0) is 17.4. The molecular weight excluding hydrogens is 300 g/mol. The Bertz CT molecular complexity index is 643. The Morgan fingerprint density at radius 2 is 1.92 bits per heavy atom. The Kier molecular flexibility index (Phi) is 6.85. The molecule has 0 bridgehead atoms. The number of unbranched alkanes of at least 4 members (excludes halogenated alkanes) is 2. The lowest BCUT2D eigenvalue weighted by Crippen LogP contribution is -2.09. The summed E-state index contributed by atoms with van der Waals surface area (Å²) in [6.45, 7) is 9.13. The first-order valence-electron chi connectivity index (χ1n) is 8.70. The second-order valence-corrected chi connectivity index (χ2v) is 6.14. The summed E-state index contributed by atoms with van der Waals surface area (Å²) in [6.07, 6.45) is 3.70. The minimum atomic E-state index is 0.113. The van der Waals surface area contributed by atoms with Crippen molar-refractivity contribution < 1.29 is 4.74 Å². The van der Waals surface area contributed by atoms with Gasteiger partial charge in [0.15, 0.2) is 0 Å². The van der Waals surface area contributed by atoms with E-state index in [4.69, 9.17) is 4.74 Å². The summed E-state index contributed by atoms with van der Waals surface area (Å²) in [6, 6.07) is 9.81. The second-order valence-electron chi connectivity index (χ2n) is 6.14. The van der Waals surface area contributed by atoms with Crippen molar-refractivity contribution >= 4 is 17.5 Å². The Labute approximate surface area is 144 Å². The fourth-order valence-electron chi connectivity index (χ4n) is 2.35. The van der Waals surface area contributed by atoms with E-state index in [2.05, 4.69) is 27.5 Å². The van der Waals surface area contributed by atoms with Gasteiger partial charge in [0.05, 0.1) is 11.8 Å². The molecule has 130 valence electrons. The maximum Gasteiger partial charge on any atom is 0.229 e. The van der Waals surface area contributed by atoms with E-state index in [0.717, 1.165) is 35.9 Å². The van der Waals surface area contributed by atoms with Crippen molar-refractivity contribution in [1.82, 2.24) is 9.97 Å². The van der Waals surface area contributed by atoms with Gasteiger partial charge in [-0.3, -0.25) is 0 Å². The van der Waals surface area contributed by atoms with Gasteiger partial charge in [-0.25, -0.2) is 4.98 Å². The molecular formula is C19H28N4O. The van der Waals surface area contributed by atoms with Gasteiger partial charge < -0.3 is 15.4 Å². The van der Waals surface area contributed by atoms with E-state index in [9.17, 15) is 0 Å². The standard InChI is InChI=1S/C19H28N4O/c1-5-6-9-12-20-18-13-15(4)21-19(23-18)22-16-10-7-8-11-17(16)24-14(2)3/h7-8,10-11,13-14H,5-6,9,12H2,1-4H3,(H2,20,21,22,23). The van der Waals surface area contributed by atoms with Gasteiger partial charge in [-0.15, -0.1) is 0 Å². The predicted octanol–water partition coefficient (Wildman–Crippen LogP) is 4.92. The van der Waals surface area contributed by atoms with Crippen molar-refractivity contribution in [1.29, 1.82) is 0 Å². The van der Waals surface area contributed by atoms with E-state index in [-0.39, 0.29) is 6.10 Å². The van der Waals surface area contributed by atoms with Crippen LogP contribution in [0, 0.1) is 6.92 Å². The molecule has 24 heavy (non-hydrogen) atoms. The summed E-state index contributed by atoms with van der Waals surface area (Å²) in [5.74, 6) is 2.23. The number of para-hydroxylation sites is 2. The number of aryl methyl sites for hydroxylation is 1.